The number of halogens is 1. The first-order valence-corrected chi connectivity index (χ1v) is 5.97. The lowest BCUT2D eigenvalue weighted by Gasteiger charge is -2.14. The largest absolute Gasteiger partial charge is 0.355 e. The van der Waals surface area contributed by atoms with Crippen LogP contribution in [-0.4, -0.2) is 17.3 Å². The van der Waals surface area contributed by atoms with Gasteiger partial charge < -0.3 is 5.32 Å². The van der Waals surface area contributed by atoms with E-state index in [4.69, 9.17) is 0 Å². The highest BCUT2D eigenvalue weighted by atomic mass is 79.9. The number of amides is 1. The summed E-state index contributed by atoms with van der Waals surface area (Å²) >= 11 is 3.34. The van der Waals surface area contributed by atoms with Crippen molar-refractivity contribution in [2.75, 3.05) is 6.54 Å². The van der Waals surface area contributed by atoms with Crippen LogP contribution in [0.25, 0.3) is 0 Å². The number of hydrogen-bond acceptors (Lipinski definition) is 1. The van der Waals surface area contributed by atoms with Crippen LogP contribution >= 0.6 is 15.9 Å². The van der Waals surface area contributed by atoms with Crippen LogP contribution in [0.2, 0.25) is 0 Å². The van der Waals surface area contributed by atoms with Crippen molar-refractivity contribution in [3.05, 3.63) is 0 Å². The molecule has 0 aromatic heterocycles. The Morgan fingerprint density at radius 2 is 2.15 bits per heavy atom. The third kappa shape index (κ3) is 2.97. The number of rotatable bonds is 5. The molecule has 1 unspecified atom stereocenters. The molecule has 0 heterocycles. The zero-order valence-corrected chi connectivity index (χ0v) is 9.99. The molecule has 1 fully saturated rings. The van der Waals surface area contributed by atoms with E-state index >= 15 is 0 Å². The predicted octanol–water partition coefficient (Wildman–Crippen LogP) is 2.47. The van der Waals surface area contributed by atoms with Crippen LogP contribution < -0.4 is 5.32 Å². The summed E-state index contributed by atoms with van der Waals surface area (Å²) in [6, 6.07) is 0. The highest BCUT2D eigenvalue weighted by Crippen LogP contribution is 2.47. The fraction of sp³-hybridized carbons (Fsp3) is 0.900. The summed E-state index contributed by atoms with van der Waals surface area (Å²) in [4.78, 5) is 11.4. The molecule has 0 aromatic carbocycles. The van der Waals surface area contributed by atoms with Crippen molar-refractivity contribution in [3.8, 4) is 0 Å². The summed E-state index contributed by atoms with van der Waals surface area (Å²) in [5.41, 5.74) is 0.454. The maximum Gasteiger partial charge on any atom is 0.233 e. The summed E-state index contributed by atoms with van der Waals surface area (Å²) in [5, 5.41) is 3.00. The number of carbonyl (C=O) groups excluding carboxylic acids is 1. The van der Waals surface area contributed by atoms with Gasteiger partial charge in [0, 0.05) is 6.54 Å². The molecule has 1 saturated carbocycles. The summed E-state index contributed by atoms with van der Waals surface area (Å²) in [6.45, 7) is 5.07. The van der Waals surface area contributed by atoms with Crippen molar-refractivity contribution in [1.82, 2.24) is 5.32 Å². The SMILES string of the molecule is CCC(Br)C(=O)NCC1(CC)CC1. The zero-order valence-electron chi connectivity index (χ0n) is 8.40. The second-order valence-corrected chi connectivity index (χ2v) is 5.05. The fourth-order valence-electron chi connectivity index (χ4n) is 1.40. The first-order valence-electron chi connectivity index (χ1n) is 5.05. The van der Waals surface area contributed by atoms with E-state index in [-0.39, 0.29) is 10.7 Å². The van der Waals surface area contributed by atoms with E-state index in [0.717, 1.165) is 13.0 Å². The van der Waals surface area contributed by atoms with E-state index in [1.54, 1.807) is 0 Å². The Hall–Kier alpha value is -0.0500. The Labute approximate surface area is 88.6 Å². The molecular formula is C10H18BrNO. The number of hydrogen-bond donors (Lipinski definition) is 1. The van der Waals surface area contributed by atoms with Crippen LogP contribution in [0.15, 0.2) is 0 Å². The molecule has 1 atom stereocenters. The van der Waals surface area contributed by atoms with Crippen LogP contribution in [0.1, 0.15) is 39.5 Å². The molecule has 1 amide bonds. The number of nitrogens with one attached hydrogen (secondary N) is 1. The Bertz CT molecular complexity index is 189. The Kier molecular flexibility index (Phi) is 3.77. The lowest BCUT2D eigenvalue weighted by atomic mass is 10.0. The quantitative estimate of drug-likeness (QED) is 0.744. The molecule has 2 nitrogen and oxygen atoms in total. The molecule has 1 N–H and O–H groups in total. The van der Waals surface area contributed by atoms with Crippen molar-refractivity contribution in [3.63, 3.8) is 0 Å². The molecule has 1 aliphatic carbocycles. The van der Waals surface area contributed by atoms with Gasteiger partial charge in [0.05, 0.1) is 4.83 Å². The van der Waals surface area contributed by atoms with Gasteiger partial charge in [-0.1, -0.05) is 29.8 Å². The Balaban J connectivity index is 2.22. The number of alkyl halides is 1. The van der Waals surface area contributed by atoms with Crippen LogP contribution in [0.4, 0.5) is 0 Å². The monoisotopic (exact) mass is 247 g/mol. The molecular weight excluding hydrogens is 230 g/mol. The second kappa shape index (κ2) is 4.45. The Morgan fingerprint density at radius 3 is 2.54 bits per heavy atom. The van der Waals surface area contributed by atoms with Gasteiger partial charge in [0.15, 0.2) is 0 Å². The van der Waals surface area contributed by atoms with Crippen molar-refractivity contribution >= 4 is 21.8 Å². The predicted molar refractivity (Wildman–Crippen MR) is 58.0 cm³/mol. The molecule has 0 aromatic rings. The van der Waals surface area contributed by atoms with E-state index < -0.39 is 0 Å². The molecule has 3 heteroatoms. The lowest BCUT2D eigenvalue weighted by Crippen LogP contribution is -2.35. The van der Waals surface area contributed by atoms with Crippen molar-refractivity contribution < 1.29 is 4.79 Å². The molecule has 13 heavy (non-hydrogen) atoms. The topological polar surface area (TPSA) is 29.1 Å². The van der Waals surface area contributed by atoms with Gasteiger partial charge in [0.25, 0.3) is 0 Å². The molecule has 76 valence electrons. The molecule has 0 saturated heterocycles. The van der Waals surface area contributed by atoms with E-state index in [9.17, 15) is 4.79 Å². The van der Waals surface area contributed by atoms with Crippen LogP contribution in [-0.2, 0) is 4.79 Å². The third-order valence-corrected chi connectivity index (χ3v) is 4.05. The maximum absolute atomic E-state index is 11.4. The fourth-order valence-corrected chi connectivity index (χ4v) is 1.56. The van der Waals surface area contributed by atoms with Crippen molar-refractivity contribution in [2.45, 2.75) is 44.4 Å². The van der Waals surface area contributed by atoms with Crippen LogP contribution in [0, 0.1) is 5.41 Å². The number of carbonyl (C=O) groups is 1. The third-order valence-electron chi connectivity index (χ3n) is 2.99. The normalized spacial score (nSPS) is 20.8. The average Bonchev–Trinajstić information content (AvgIpc) is 2.93. The highest BCUT2D eigenvalue weighted by Gasteiger charge is 2.40. The van der Waals surface area contributed by atoms with Crippen LogP contribution in [0.3, 0.4) is 0 Å². The van der Waals surface area contributed by atoms with Gasteiger partial charge in [-0.3, -0.25) is 4.79 Å². The molecule has 0 spiro atoms. The van der Waals surface area contributed by atoms with Gasteiger partial charge >= 0.3 is 0 Å². The molecule has 1 rings (SSSR count). The minimum atomic E-state index is -0.0137. The zero-order chi connectivity index (χ0) is 9.90. The molecule has 0 bridgehead atoms. The first-order chi connectivity index (χ1) is 6.13. The van der Waals surface area contributed by atoms with Gasteiger partial charge in [-0.25, -0.2) is 0 Å². The van der Waals surface area contributed by atoms with Crippen LogP contribution in [0.5, 0.6) is 0 Å². The molecule has 1 aliphatic rings. The summed E-state index contributed by atoms with van der Waals surface area (Å²) in [7, 11) is 0. The lowest BCUT2D eigenvalue weighted by molar-refractivity contribution is -0.120. The Morgan fingerprint density at radius 1 is 1.54 bits per heavy atom. The molecule has 0 radical (unpaired) electrons. The van der Waals surface area contributed by atoms with E-state index in [1.165, 1.54) is 19.3 Å². The van der Waals surface area contributed by atoms with Gasteiger partial charge in [-0.2, -0.15) is 0 Å². The average molecular weight is 248 g/mol. The maximum atomic E-state index is 11.4. The summed E-state index contributed by atoms with van der Waals surface area (Å²) in [5.74, 6) is 0.141. The smallest absolute Gasteiger partial charge is 0.233 e. The minimum Gasteiger partial charge on any atom is -0.355 e. The standard InChI is InChI=1S/C10H18BrNO/c1-3-8(11)9(13)12-7-10(4-2)5-6-10/h8H,3-7H2,1-2H3,(H,12,13). The van der Waals surface area contributed by atoms with Gasteiger partial charge in [0.2, 0.25) is 5.91 Å². The second-order valence-electron chi connectivity index (χ2n) is 3.95. The first kappa shape index (κ1) is 11.0. The van der Waals surface area contributed by atoms with Gasteiger partial charge in [-0.05, 0) is 31.1 Å². The molecule has 0 aliphatic heterocycles. The summed E-state index contributed by atoms with van der Waals surface area (Å²) < 4.78 is 0. The summed E-state index contributed by atoms with van der Waals surface area (Å²) in [6.07, 6.45) is 4.60. The van der Waals surface area contributed by atoms with E-state index in [2.05, 4.69) is 28.2 Å². The van der Waals surface area contributed by atoms with Crippen molar-refractivity contribution in [2.24, 2.45) is 5.41 Å². The highest BCUT2D eigenvalue weighted by molar-refractivity contribution is 9.10. The van der Waals surface area contributed by atoms with Gasteiger partial charge in [0.1, 0.15) is 0 Å². The van der Waals surface area contributed by atoms with E-state index in [1.807, 2.05) is 6.92 Å². The van der Waals surface area contributed by atoms with Crippen molar-refractivity contribution in [1.29, 1.82) is 0 Å². The van der Waals surface area contributed by atoms with E-state index in [0.29, 0.717) is 5.41 Å². The van der Waals surface area contributed by atoms with Gasteiger partial charge in [-0.15, -0.1) is 0 Å². The minimum absolute atomic E-state index is 0.0137.